The molecule has 1 unspecified atom stereocenters. The van der Waals surface area contributed by atoms with Gasteiger partial charge in [-0.3, -0.25) is 0 Å². The molecule has 1 nitrogen and oxygen atoms in total. The van der Waals surface area contributed by atoms with Crippen molar-refractivity contribution in [1.29, 1.82) is 0 Å². The smallest absolute Gasteiger partial charge is 0.00702 e. The predicted octanol–water partition coefficient (Wildman–Crippen LogP) is 2.02. The van der Waals surface area contributed by atoms with Crippen LogP contribution in [0.5, 0.6) is 0 Å². The minimum atomic E-state index is 0.492. The van der Waals surface area contributed by atoms with Crippen molar-refractivity contribution in [3.8, 4) is 0 Å². The SMILES string of the molecule is C[C@H]1C2C[C@@H](C[C@@H]1N)C2(C)C. The van der Waals surface area contributed by atoms with E-state index < -0.39 is 0 Å². The molecule has 0 radical (unpaired) electrons. The first kappa shape index (κ1) is 7.60. The second kappa shape index (κ2) is 2.01. The topological polar surface area (TPSA) is 26.0 Å². The number of hydrogen-bond acceptors (Lipinski definition) is 1. The molecule has 3 rings (SSSR count). The number of hydrogen-bond donors (Lipinski definition) is 1. The van der Waals surface area contributed by atoms with E-state index in [4.69, 9.17) is 5.73 Å². The summed E-state index contributed by atoms with van der Waals surface area (Å²) in [5.74, 6) is 2.60. The van der Waals surface area contributed by atoms with Gasteiger partial charge in [-0.05, 0) is 36.0 Å². The van der Waals surface area contributed by atoms with Crippen molar-refractivity contribution in [2.45, 2.75) is 39.7 Å². The Kier molecular flexibility index (Phi) is 1.39. The lowest BCUT2D eigenvalue weighted by Gasteiger charge is -2.61. The van der Waals surface area contributed by atoms with Crippen LogP contribution in [0.2, 0.25) is 0 Å². The molecule has 0 aromatic heterocycles. The zero-order valence-electron chi connectivity index (χ0n) is 7.80. The van der Waals surface area contributed by atoms with Gasteiger partial charge in [0.25, 0.3) is 0 Å². The molecular formula is C10H19N. The third kappa shape index (κ3) is 0.807. The highest BCUT2D eigenvalue weighted by Gasteiger charge is 2.55. The van der Waals surface area contributed by atoms with Crippen LogP contribution >= 0.6 is 0 Å². The van der Waals surface area contributed by atoms with Crippen LogP contribution in [0.1, 0.15) is 33.6 Å². The maximum absolute atomic E-state index is 6.02. The quantitative estimate of drug-likeness (QED) is 0.566. The third-order valence-corrected chi connectivity index (χ3v) is 4.41. The molecule has 11 heavy (non-hydrogen) atoms. The molecule has 0 amide bonds. The van der Waals surface area contributed by atoms with Crippen molar-refractivity contribution >= 4 is 0 Å². The average molecular weight is 153 g/mol. The fourth-order valence-corrected chi connectivity index (χ4v) is 3.19. The first-order valence-electron chi connectivity index (χ1n) is 4.79. The number of rotatable bonds is 0. The summed E-state index contributed by atoms with van der Waals surface area (Å²) in [6.45, 7) is 7.15. The largest absolute Gasteiger partial charge is 0.327 e. The van der Waals surface area contributed by atoms with Crippen LogP contribution in [-0.4, -0.2) is 6.04 Å². The van der Waals surface area contributed by atoms with Gasteiger partial charge in [0.15, 0.2) is 0 Å². The van der Waals surface area contributed by atoms with Crippen molar-refractivity contribution in [3.05, 3.63) is 0 Å². The molecule has 0 aromatic carbocycles. The highest BCUT2D eigenvalue weighted by atomic mass is 14.7. The highest BCUT2D eigenvalue weighted by molar-refractivity contribution is 5.06. The molecule has 3 aliphatic carbocycles. The number of fused-ring (bicyclic) bond motifs is 2. The Balaban J connectivity index is 2.17. The molecule has 0 spiro atoms. The maximum atomic E-state index is 6.02. The Hall–Kier alpha value is -0.0400. The molecule has 0 aromatic rings. The molecule has 3 aliphatic rings. The molecule has 64 valence electrons. The summed E-state index contributed by atoms with van der Waals surface area (Å²) in [4.78, 5) is 0. The van der Waals surface area contributed by atoms with E-state index in [-0.39, 0.29) is 0 Å². The van der Waals surface area contributed by atoms with Crippen LogP contribution in [0.3, 0.4) is 0 Å². The van der Waals surface area contributed by atoms with E-state index in [1.54, 1.807) is 0 Å². The van der Waals surface area contributed by atoms with Crippen LogP contribution in [0.15, 0.2) is 0 Å². The highest BCUT2D eigenvalue weighted by Crippen LogP contribution is 2.60. The Morgan fingerprint density at radius 3 is 2.27 bits per heavy atom. The van der Waals surface area contributed by atoms with Gasteiger partial charge in [0.05, 0.1) is 0 Å². The standard InChI is InChI=1S/C10H19N/c1-6-8-4-7(5-9(6)11)10(8,2)3/h6-9H,4-5,11H2,1-3H3/t6-,7-,8?,9-/m0/s1. The minimum Gasteiger partial charge on any atom is -0.327 e. The first-order chi connectivity index (χ1) is 5.03. The Labute approximate surface area is 69.4 Å². The van der Waals surface area contributed by atoms with E-state index in [0.717, 1.165) is 17.8 Å². The lowest BCUT2D eigenvalue weighted by Crippen LogP contribution is -2.58. The van der Waals surface area contributed by atoms with Crippen molar-refractivity contribution in [2.75, 3.05) is 0 Å². The van der Waals surface area contributed by atoms with E-state index >= 15 is 0 Å². The second-order valence-electron chi connectivity index (χ2n) is 5.12. The normalized spacial score (nSPS) is 53.5. The molecule has 0 heterocycles. The Morgan fingerprint density at radius 2 is 1.91 bits per heavy atom. The summed E-state index contributed by atoms with van der Waals surface area (Å²) in [5.41, 5.74) is 6.63. The summed E-state index contributed by atoms with van der Waals surface area (Å²) in [6, 6.07) is 0.492. The summed E-state index contributed by atoms with van der Waals surface area (Å²) in [6.07, 6.45) is 2.71. The van der Waals surface area contributed by atoms with E-state index in [0.29, 0.717) is 11.5 Å². The van der Waals surface area contributed by atoms with Gasteiger partial charge in [-0.2, -0.15) is 0 Å². The molecule has 0 saturated heterocycles. The predicted molar refractivity (Wildman–Crippen MR) is 47.1 cm³/mol. The summed E-state index contributed by atoms with van der Waals surface area (Å²) >= 11 is 0. The van der Waals surface area contributed by atoms with Gasteiger partial charge in [0.2, 0.25) is 0 Å². The van der Waals surface area contributed by atoms with Crippen LogP contribution in [0.4, 0.5) is 0 Å². The van der Waals surface area contributed by atoms with Crippen molar-refractivity contribution in [1.82, 2.24) is 0 Å². The fraction of sp³-hybridized carbons (Fsp3) is 1.00. The number of nitrogens with two attached hydrogens (primary N) is 1. The van der Waals surface area contributed by atoms with Gasteiger partial charge < -0.3 is 5.73 Å². The van der Waals surface area contributed by atoms with Crippen LogP contribution < -0.4 is 5.73 Å². The van der Waals surface area contributed by atoms with Gasteiger partial charge in [0, 0.05) is 6.04 Å². The molecule has 1 heteroatoms. The average Bonchev–Trinajstić information content (AvgIpc) is 1.93. The molecule has 3 saturated carbocycles. The van der Waals surface area contributed by atoms with Crippen LogP contribution in [0.25, 0.3) is 0 Å². The van der Waals surface area contributed by atoms with Gasteiger partial charge in [-0.1, -0.05) is 20.8 Å². The van der Waals surface area contributed by atoms with Crippen LogP contribution in [0, 0.1) is 23.2 Å². The summed E-state index contributed by atoms with van der Waals surface area (Å²) in [5, 5.41) is 0. The first-order valence-corrected chi connectivity index (χ1v) is 4.79. The lowest BCUT2D eigenvalue weighted by atomic mass is 9.45. The van der Waals surface area contributed by atoms with Crippen molar-refractivity contribution in [3.63, 3.8) is 0 Å². The fourth-order valence-electron chi connectivity index (χ4n) is 3.19. The molecule has 3 fully saturated rings. The van der Waals surface area contributed by atoms with E-state index in [1.165, 1.54) is 12.8 Å². The molecule has 2 bridgehead atoms. The third-order valence-electron chi connectivity index (χ3n) is 4.41. The lowest BCUT2D eigenvalue weighted by molar-refractivity contribution is -0.108. The van der Waals surface area contributed by atoms with E-state index in [2.05, 4.69) is 20.8 Å². The van der Waals surface area contributed by atoms with Crippen LogP contribution in [-0.2, 0) is 0 Å². The summed E-state index contributed by atoms with van der Waals surface area (Å²) in [7, 11) is 0. The molecule has 0 aliphatic heterocycles. The van der Waals surface area contributed by atoms with Gasteiger partial charge in [-0.25, -0.2) is 0 Å². The van der Waals surface area contributed by atoms with Gasteiger partial charge in [-0.15, -0.1) is 0 Å². The van der Waals surface area contributed by atoms with Crippen molar-refractivity contribution < 1.29 is 0 Å². The molecular weight excluding hydrogens is 134 g/mol. The Morgan fingerprint density at radius 1 is 1.27 bits per heavy atom. The van der Waals surface area contributed by atoms with E-state index in [1.807, 2.05) is 0 Å². The second-order valence-corrected chi connectivity index (χ2v) is 5.12. The monoisotopic (exact) mass is 153 g/mol. The summed E-state index contributed by atoms with van der Waals surface area (Å²) < 4.78 is 0. The van der Waals surface area contributed by atoms with E-state index in [9.17, 15) is 0 Å². The maximum Gasteiger partial charge on any atom is 0.00702 e. The zero-order valence-corrected chi connectivity index (χ0v) is 7.80. The van der Waals surface area contributed by atoms with Crippen molar-refractivity contribution in [2.24, 2.45) is 28.9 Å². The van der Waals surface area contributed by atoms with Gasteiger partial charge in [0.1, 0.15) is 0 Å². The minimum absolute atomic E-state index is 0.492. The zero-order chi connectivity index (χ0) is 8.22. The molecule has 2 N–H and O–H groups in total. The molecule has 4 atom stereocenters. The van der Waals surface area contributed by atoms with Gasteiger partial charge >= 0.3 is 0 Å². The Bertz CT molecular complexity index is 174.